The molecule has 1 saturated carbocycles. The van der Waals surface area contributed by atoms with E-state index in [1.165, 1.54) is 18.2 Å². The van der Waals surface area contributed by atoms with E-state index in [2.05, 4.69) is 10.5 Å². The first-order valence-electron chi connectivity index (χ1n) is 7.61. The predicted molar refractivity (Wildman–Crippen MR) is 89.5 cm³/mol. The van der Waals surface area contributed by atoms with E-state index in [1.807, 2.05) is 18.2 Å². The molecule has 130 valence electrons. The summed E-state index contributed by atoms with van der Waals surface area (Å²) in [5, 5.41) is 4.27. The van der Waals surface area contributed by atoms with Crippen LogP contribution in [-0.4, -0.2) is 12.1 Å². The second kappa shape index (κ2) is 6.88. The molecule has 0 radical (unpaired) electrons. The van der Waals surface area contributed by atoms with E-state index < -0.39 is 11.7 Å². The molecule has 3 rings (SSSR count). The molecule has 0 aromatic heterocycles. The number of carbonyl (C=O) groups is 1. The molecule has 2 aromatic rings. The van der Waals surface area contributed by atoms with Gasteiger partial charge >= 0.3 is 6.18 Å². The van der Waals surface area contributed by atoms with Gasteiger partial charge in [0.1, 0.15) is 0 Å². The minimum Gasteiger partial charge on any atom is -0.273 e. The Hall–Kier alpha value is -2.34. The fourth-order valence-electron chi connectivity index (χ4n) is 2.72. The third-order valence-electron chi connectivity index (χ3n) is 4.08. The molecule has 1 N–H and O–H groups in total. The van der Waals surface area contributed by atoms with Gasteiger partial charge in [-0.25, -0.2) is 5.43 Å². The maximum Gasteiger partial charge on any atom is 0.417 e. The molecule has 25 heavy (non-hydrogen) atoms. The predicted octanol–water partition coefficient (Wildman–Crippen LogP) is 4.61. The molecule has 1 aliphatic carbocycles. The maximum absolute atomic E-state index is 12.9. The second-order valence-electron chi connectivity index (χ2n) is 5.79. The average molecular weight is 367 g/mol. The number of nitrogens with zero attached hydrogens (tertiary/aromatic N) is 1. The Morgan fingerprint density at radius 3 is 2.56 bits per heavy atom. The Balaban J connectivity index is 1.63. The Morgan fingerprint density at radius 2 is 1.84 bits per heavy atom. The SMILES string of the molecule is O=C(N/N=C/c1ccccc1C(F)(F)F)C1CC1c1ccccc1Cl. The van der Waals surface area contributed by atoms with Gasteiger partial charge in [0.15, 0.2) is 0 Å². The molecule has 0 saturated heterocycles. The third-order valence-corrected chi connectivity index (χ3v) is 4.42. The van der Waals surface area contributed by atoms with Crippen LogP contribution < -0.4 is 5.43 Å². The summed E-state index contributed by atoms with van der Waals surface area (Å²) >= 11 is 6.11. The summed E-state index contributed by atoms with van der Waals surface area (Å²) in [6, 6.07) is 12.3. The molecular formula is C18H14ClF3N2O. The molecular weight excluding hydrogens is 353 g/mol. The number of rotatable bonds is 4. The van der Waals surface area contributed by atoms with Gasteiger partial charge in [0.25, 0.3) is 0 Å². The third kappa shape index (κ3) is 4.02. The van der Waals surface area contributed by atoms with Crippen molar-refractivity contribution in [2.75, 3.05) is 0 Å². The highest BCUT2D eigenvalue weighted by atomic mass is 35.5. The first-order valence-corrected chi connectivity index (χ1v) is 7.99. The maximum atomic E-state index is 12.9. The number of alkyl halides is 3. The van der Waals surface area contributed by atoms with Gasteiger partial charge < -0.3 is 0 Å². The number of benzene rings is 2. The molecule has 1 amide bonds. The van der Waals surface area contributed by atoms with E-state index in [-0.39, 0.29) is 23.3 Å². The largest absolute Gasteiger partial charge is 0.417 e. The lowest BCUT2D eigenvalue weighted by Gasteiger charge is -2.09. The molecule has 7 heteroatoms. The highest BCUT2D eigenvalue weighted by Crippen LogP contribution is 2.49. The van der Waals surface area contributed by atoms with Gasteiger partial charge in [0.2, 0.25) is 5.91 Å². The van der Waals surface area contributed by atoms with Gasteiger partial charge in [-0.2, -0.15) is 18.3 Å². The van der Waals surface area contributed by atoms with Crippen molar-refractivity contribution in [2.45, 2.75) is 18.5 Å². The topological polar surface area (TPSA) is 41.5 Å². The summed E-state index contributed by atoms with van der Waals surface area (Å²) < 4.78 is 38.7. The van der Waals surface area contributed by atoms with Crippen LogP contribution in [-0.2, 0) is 11.0 Å². The normalized spacial score (nSPS) is 19.8. The van der Waals surface area contributed by atoms with Crippen molar-refractivity contribution < 1.29 is 18.0 Å². The lowest BCUT2D eigenvalue weighted by molar-refractivity contribution is -0.137. The van der Waals surface area contributed by atoms with E-state index >= 15 is 0 Å². The Kier molecular flexibility index (Phi) is 4.81. The van der Waals surface area contributed by atoms with Crippen LogP contribution in [0.15, 0.2) is 53.6 Å². The van der Waals surface area contributed by atoms with Gasteiger partial charge in [0.05, 0.1) is 11.8 Å². The van der Waals surface area contributed by atoms with Gasteiger partial charge in [-0.1, -0.05) is 48.0 Å². The number of nitrogens with one attached hydrogen (secondary N) is 1. The standard InChI is InChI=1S/C18H14ClF3N2O/c19-16-8-4-2-6-12(16)13-9-14(13)17(25)24-23-10-11-5-1-3-7-15(11)18(20,21)22/h1-8,10,13-14H,9H2,(H,24,25)/b23-10+. The zero-order valence-electron chi connectivity index (χ0n) is 12.9. The summed E-state index contributed by atoms with van der Waals surface area (Å²) in [5.74, 6) is -0.577. The first-order chi connectivity index (χ1) is 11.9. The quantitative estimate of drug-likeness (QED) is 0.623. The average Bonchev–Trinajstić information content (AvgIpc) is 3.35. The zero-order chi connectivity index (χ0) is 18.0. The lowest BCUT2D eigenvalue weighted by atomic mass is 10.1. The van der Waals surface area contributed by atoms with Crippen LogP contribution in [0.1, 0.15) is 29.0 Å². The minimum atomic E-state index is -4.47. The van der Waals surface area contributed by atoms with Crippen LogP contribution in [0.25, 0.3) is 0 Å². The Labute approximate surface area is 147 Å². The van der Waals surface area contributed by atoms with Crippen LogP contribution in [0, 0.1) is 5.92 Å². The van der Waals surface area contributed by atoms with Crippen molar-refractivity contribution in [3.8, 4) is 0 Å². The Morgan fingerprint density at radius 1 is 1.16 bits per heavy atom. The molecule has 2 atom stereocenters. The molecule has 0 aliphatic heterocycles. The number of amides is 1. The summed E-state index contributed by atoms with van der Waals surface area (Å²) in [6.07, 6.45) is -2.82. The molecule has 2 aromatic carbocycles. The van der Waals surface area contributed by atoms with Crippen molar-refractivity contribution in [2.24, 2.45) is 11.0 Å². The van der Waals surface area contributed by atoms with Crippen LogP contribution in [0.5, 0.6) is 0 Å². The first kappa shape index (κ1) is 17.5. The van der Waals surface area contributed by atoms with Crippen molar-refractivity contribution in [3.05, 3.63) is 70.2 Å². The smallest absolute Gasteiger partial charge is 0.273 e. The van der Waals surface area contributed by atoms with Crippen LogP contribution in [0.2, 0.25) is 5.02 Å². The molecule has 0 heterocycles. The van der Waals surface area contributed by atoms with Gasteiger partial charge in [0, 0.05) is 16.5 Å². The molecule has 0 spiro atoms. The highest BCUT2D eigenvalue weighted by molar-refractivity contribution is 6.31. The summed E-state index contributed by atoms with van der Waals surface area (Å²) in [7, 11) is 0. The summed E-state index contributed by atoms with van der Waals surface area (Å²) in [6.45, 7) is 0. The van der Waals surface area contributed by atoms with E-state index in [0.29, 0.717) is 11.4 Å². The van der Waals surface area contributed by atoms with Crippen LogP contribution in [0.4, 0.5) is 13.2 Å². The monoisotopic (exact) mass is 366 g/mol. The van der Waals surface area contributed by atoms with Crippen molar-refractivity contribution in [1.29, 1.82) is 0 Å². The van der Waals surface area contributed by atoms with Gasteiger partial charge in [-0.3, -0.25) is 4.79 Å². The number of carbonyl (C=O) groups excluding carboxylic acids is 1. The van der Waals surface area contributed by atoms with E-state index in [0.717, 1.165) is 17.8 Å². The molecule has 0 bridgehead atoms. The molecule has 2 unspecified atom stereocenters. The highest BCUT2D eigenvalue weighted by Gasteiger charge is 2.44. The number of hydrogen-bond donors (Lipinski definition) is 1. The van der Waals surface area contributed by atoms with Gasteiger partial charge in [-0.15, -0.1) is 0 Å². The summed E-state index contributed by atoms with van der Waals surface area (Å²) in [5.41, 5.74) is 2.31. The molecule has 3 nitrogen and oxygen atoms in total. The van der Waals surface area contributed by atoms with Crippen LogP contribution in [0.3, 0.4) is 0 Å². The number of hydrogen-bond acceptors (Lipinski definition) is 2. The van der Waals surface area contributed by atoms with E-state index in [1.54, 1.807) is 6.07 Å². The Bertz CT molecular complexity index is 820. The number of halogens is 4. The van der Waals surface area contributed by atoms with Gasteiger partial charge in [-0.05, 0) is 30.0 Å². The van der Waals surface area contributed by atoms with Crippen molar-refractivity contribution in [3.63, 3.8) is 0 Å². The van der Waals surface area contributed by atoms with Crippen molar-refractivity contribution in [1.82, 2.24) is 5.43 Å². The van der Waals surface area contributed by atoms with Crippen molar-refractivity contribution >= 4 is 23.7 Å². The fourth-order valence-corrected chi connectivity index (χ4v) is 3.00. The number of hydrazone groups is 1. The summed E-state index contributed by atoms with van der Waals surface area (Å²) in [4.78, 5) is 12.1. The minimum absolute atomic E-state index is 0.0198. The molecule has 1 aliphatic rings. The molecule has 1 fully saturated rings. The lowest BCUT2D eigenvalue weighted by Crippen LogP contribution is -2.20. The van der Waals surface area contributed by atoms with E-state index in [4.69, 9.17) is 11.6 Å². The zero-order valence-corrected chi connectivity index (χ0v) is 13.7. The fraction of sp³-hybridized carbons (Fsp3) is 0.222. The van der Waals surface area contributed by atoms with Crippen LogP contribution >= 0.6 is 11.6 Å². The second-order valence-corrected chi connectivity index (χ2v) is 6.20. The van der Waals surface area contributed by atoms with E-state index in [9.17, 15) is 18.0 Å².